The maximum absolute atomic E-state index is 9.44. The molecule has 2 aromatic rings. The Kier molecular flexibility index (Phi) is 3.80. The molecule has 0 fully saturated rings. The SMILES string of the molecule is COc1ccc(C)cc1NCc1ccc(O)c(O)c1. The van der Waals surface area contributed by atoms with E-state index in [1.165, 1.54) is 12.1 Å². The van der Waals surface area contributed by atoms with Gasteiger partial charge in [-0.2, -0.15) is 0 Å². The van der Waals surface area contributed by atoms with Crippen molar-refractivity contribution in [3.63, 3.8) is 0 Å². The van der Waals surface area contributed by atoms with Gasteiger partial charge in [0.25, 0.3) is 0 Å². The van der Waals surface area contributed by atoms with Gasteiger partial charge in [-0.25, -0.2) is 0 Å². The van der Waals surface area contributed by atoms with Gasteiger partial charge in [0.1, 0.15) is 5.75 Å². The van der Waals surface area contributed by atoms with Crippen LogP contribution in [0.4, 0.5) is 5.69 Å². The fourth-order valence-corrected chi connectivity index (χ4v) is 1.84. The Hall–Kier alpha value is -2.36. The minimum absolute atomic E-state index is 0.114. The van der Waals surface area contributed by atoms with Crippen LogP contribution in [-0.4, -0.2) is 17.3 Å². The van der Waals surface area contributed by atoms with Crippen LogP contribution in [0.2, 0.25) is 0 Å². The van der Waals surface area contributed by atoms with Gasteiger partial charge in [-0.05, 0) is 42.3 Å². The Morgan fingerprint density at radius 1 is 1.05 bits per heavy atom. The molecule has 0 bridgehead atoms. The molecule has 0 amide bonds. The summed E-state index contributed by atoms with van der Waals surface area (Å²) in [6.45, 7) is 2.55. The zero-order valence-electron chi connectivity index (χ0n) is 11.0. The second-order valence-corrected chi connectivity index (χ2v) is 4.38. The highest BCUT2D eigenvalue weighted by Crippen LogP contribution is 2.28. The number of nitrogens with one attached hydrogen (secondary N) is 1. The first-order chi connectivity index (χ1) is 9.10. The van der Waals surface area contributed by atoms with Crippen LogP contribution in [0.15, 0.2) is 36.4 Å². The zero-order chi connectivity index (χ0) is 13.8. The lowest BCUT2D eigenvalue weighted by atomic mass is 10.1. The van der Waals surface area contributed by atoms with Crippen LogP contribution in [0.3, 0.4) is 0 Å². The minimum Gasteiger partial charge on any atom is -0.504 e. The van der Waals surface area contributed by atoms with Crippen molar-refractivity contribution >= 4 is 5.69 Å². The van der Waals surface area contributed by atoms with Crippen molar-refractivity contribution in [2.75, 3.05) is 12.4 Å². The largest absolute Gasteiger partial charge is 0.504 e. The summed E-state index contributed by atoms with van der Waals surface area (Å²) < 4.78 is 5.28. The van der Waals surface area contributed by atoms with Crippen LogP contribution in [-0.2, 0) is 6.54 Å². The van der Waals surface area contributed by atoms with Gasteiger partial charge < -0.3 is 20.3 Å². The number of hydrogen-bond acceptors (Lipinski definition) is 4. The van der Waals surface area contributed by atoms with Gasteiger partial charge in [-0.3, -0.25) is 0 Å². The molecule has 0 saturated carbocycles. The van der Waals surface area contributed by atoms with E-state index in [2.05, 4.69) is 5.32 Å². The fraction of sp³-hybridized carbons (Fsp3) is 0.200. The summed E-state index contributed by atoms with van der Waals surface area (Å²) in [4.78, 5) is 0. The summed E-state index contributed by atoms with van der Waals surface area (Å²) in [6, 6.07) is 10.6. The molecule has 2 aromatic carbocycles. The van der Waals surface area contributed by atoms with E-state index in [0.29, 0.717) is 6.54 Å². The Morgan fingerprint density at radius 2 is 1.84 bits per heavy atom. The second-order valence-electron chi connectivity index (χ2n) is 4.38. The molecule has 0 aromatic heterocycles. The van der Waals surface area contributed by atoms with Crippen molar-refractivity contribution in [1.82, 2.24) is 0 Å². The summed E-state index contributed by atoms with van der Waals surface area (Å²) in [5, 5.41) is 21.9. The molecule has 4 heteroatoms. The number of rotatable bonds is 4. The highest BCUT2D eigenvalue weighted by Gasteiger charge is 2.04. The van der Waals surface area contributed by atoms with E-state index < -0.39 is 0 Å². The van der Waals surface area contributed by atoms with Crippen molar-refractivity contribution in [3.05, 3.63) is 47.5 Å². The molecule has 0 aliphatic heterocycles. The first kappa shape index (κ1) is 13.1. The van der Waals surface area contributed by atoms with E-state index in [1.54, 1.807) is 13.2 Å². The van der Waals surface area contributed by atoms with E-state index in [-0.39, 0.29) is 11.5 Å². The number of aryl methyl sites for hydroxylation is 1. The number of anilines is 1. The lowest BCUT2D eigenvalue weighted by molar-refractivity contribution is 0.403. The summed E-state index contributed by atoms with van der Waals surface area (Å²) in [5.41, 5.74) is 2.91. The molecule has 4 nitrogen and oxygen atoms in total. The molecular formula is C15H17NO3. The molecule has 0 radical (unpaired) electrons. The lowest BCUT2D eigenvalue weighted by Gasteiger charge is -2.12. The zero-order valence-corrected chi connectivity index (χ0v) is 11.0. The molecule has 0 spiro atoms. The van der Waals surface area contributed by atoms with Crippen molar-refractivity contribution in [1.29, 1.82) is 0 Å². The maximum Gasteiger partial charge on any atom is 0.157 e. The predicted molar refractivity (Wildman–Crippen MR) is 74.8 cm³/mol. The molecule has 0 aliphatic carbocycles. The van der Waals surface area contributed by atoms with E-state index in [0.717, 1.165) is 22.6 Å². The van der Waals surface area contributed by atoms with E-state index >= 15 is 0 Å². The highest BCUT2D eigenvalue weighted by atomic mass is 16.5. The quantitative estimate of drug-likeness (QED) is 0.739. The van der Waals surface area contributed by atoms with E-state index in [1.807, 2.05) is 25.1 Å². The third kappa shape index (κ3) is 3.10. The van der Waals surface area contributed by atoms with Crippen LogP contribution in [0.1, 0.15) is 11.1 Å². The maximum atomic E-state index is 9.44. The topological polar surface area (TPSA) is 61.7 Å². The van der Waals surface area contributed by atoms with Crippen LogP contribution in [0, 0.1) is 6.92 Å². The normalized spacial score (nSPS) is 10.2. The number of phenolic OH excluding ortho intramolecular Hbond substituents is 2. The summed E-state index contributed by atoms with van der Waals surface area (Å²) in [5.74, 6) is 0.543. The first-order valence-corrected chi connectivity index (χ1v) is 5.99. The van der Waals surface area contributed by atoms with E-state index in [4.69, 9.17) is 4.74 Å². The van der Waals surface area contributed by atoms with Crippen LogP contribution >= 0.6 is 0 Å². The smallest absolute Gasteiger partial charge is 0.157 e. The Morgan fingerprint density at radius 3 is 2.53 bits per heavy atom. The molecular weight excluding hydrogens is 242 g/mol. The van der Waals surface area contributed by atoms with Gasteiger partial charge >= 0.3 is 0 Å². The van der Waals surface area contributed by atoms with E-state index in [9.17, 15) is 10.2 Å². The van der Waals surface area contributed by atoms with Gasteiger partial charge in [-0.15, -0.1) is 0 Å². The van der Waals surface area contributed by atoms with Gasteiger partial charge in [-0.1, -0.05) is 12.1 Å². The fourth-order valence-electron chi connectivity index (χ4n) is 1.84. The number of methoxy groups -OCH3 is 1. The lowest BCUT2D eigenvalue weighted by Crippen LogP contribution is -2.01. The molecule has 0 atom stereocenters. The monoisotopic (exact) mass is 259 g/mol. The number of ether oxygens (including phenoxy) is 1. The van der Waals surface area contributed by atoms with Crippen LogP contribution in [0.25, 0.3) is 0 Å². The molecule has 100 valence electrons. The molecule has 0 saturated heterocycles. The van der Waals surface area contributed by atoms with Gasteiger partial charge in [0.05, 0.1) is 12.8 Å². The third-order valence-corrected chi connectivity index (χ3v) is 2.88. The third-order valence-electron chi connectivity index (χ3n) is 2.88. The van der Waals surface area contributed by atoms with Crippen molar-refractivity contribution in [3.8, 4) is 17.2 Å². The van der Waals surface area contributed by atoms with Crippen LogP contribution in [0.5, 0.6) is 17.2 Å². The number of aromatic hydroxyl groups is 2. The molecule has 0 aliphatic rings. The molecule has 0 unspecified atom stereocenters. The van der Waals surface area contributed by atoms with Gasteiger partial charge in [0.15, 0.2) is 11.5 Å². The Bertz CT molecular complexity index is 582. The van der Waals surface area contributed by atoms with Gasteiger partial charge in [0, 0.05) is 6.54 Å². The number of hydrogen-bond donors (Lipinski definition) is 3. The molecule has 0 heterocycles. The highest BCUT2D eigenvalue weighted by molar-refractivity contribution is 5.58. The van der Waals surface area contributed by atoms with Crippen molar-refractivity contribution in [2.45, 2.75) is 13.5 Å². The Labute approximate surface area is 112 Å². The van der Waals surface area contributed by atoms with Crippen molar-refractivity contribution < 1.29 is 14.9 Å². The summed E-state index contributed by atoms with van der Waals surface area (Å²) >= 11 is 0. The Balaban J connectivity index is 2.13. The van der Waals surface area contributed by atoms with Gasteiger partial charge in [0.2, 0.25) is 0 Å². The molecule has 19 heavy (non-hydrogen) atoms. The van der Waals surface area contributed by atoms with Crippen LogP contribution < -0.4 is 10.1 Å². The standard InChI is InChI=1S/C15H17NO3/c1-10-3-6-15(19-2)12(7-10)16-9-11-4-5-13(17)14(18)8-11/h3-8,16-18H,9H2,1-2H3. The molecule has 2 rings (SSSR count). The number of benzene rings is 2. The predicted octanol–water partition coefficient (Wildman–Crippen LogP) is 3.03. The average molecular weight is 259 g/mol. The second kappa shape index (κ2) is 5.52. The van der Waals surface area contributed by atoms with Crippen molar-refractivity contribution in [2.24, 2.45) is 0 Å². The number of phenols is 2. The minimum atomic E-state index is -0.115. The molecule has 3 N–H and O–H groups in total. The summed E-state index contributed by atoms with van der Waals surface area (Å²) in [6.07, 6.45) is 0. The summed E-state index contributed by atoms with van der Waals surface area (Å²) in [7, 11) is 1.63. The first-order valence-electron chi connectivity index (χ1n) is 5.99. The average Bonchev–Trinajstić information content (AvgIpc) is 2.40.